The Labute approximate surface area is 132 Å². The molecule has 1 saturated heterocycles. The maximum Gasteiger partial charge on any atom is 0.471 e. The van der Waals surface area contributed by atoms with Crippen LogP contribution in [-0.2, 0) is 16.1 Å². The number of alkyl halides is 3. The van der Waals surface area contributed by atoms with Gasteiger partial charge in [0, 0.05) is 19.6 Å². The molecule has 23 heavy (non-hydrogen) atoms. The van der Waals surface area contributed by atoms with Crippen molar-refractivity contribution in [1.29, 1.82) is 0 Å². The quantitative estimate of drug-likeness (QED) is 0.926. The van der Waals surface area contributed by atoms with Gasteiger partial charge in [-0.2, -0.15) is 13.2 Å². The molecular weight excluding hydrogens is 309 g/mol. The molecule has 1 heterocycles. The molecule has 0 aliphatic carbocycles. The van der Waals surface area contributed by atoms with E-state index in [4.69, 9.17) is 0 Å². The van der Waals surface area contributed by atoms with E-state index >= 15 is 0 Å². The third kappa shape index (κ3) is 4.71. The molecule has 0 aromatic heterocycles. The first-order valence-corrected chi connectivity index (χ1v) is 7.46. The summed E-state index contributed by atoms with van der Waals surface area (Å²) < 4.78 is 37.4. The second-order valence-electron chi connectivity index (χ2n) is 5.79. The van der Waals surface area contributed by atoms with Gasteiger partial charge in [-0.1, -0.05) is 29.8 Å². The number of likely N-dealkylation sites (tertiary alicyclic amines) is 1. The fourth-order valence-corrected chi connectivity index (χ4v) is 2.71. The lowest BCUT2D eigenvalue weighted by Crippen LogP contribution is -2.49. The number of halogens is 3. The molecule has 1 aromatic carbocycles. The highest BCUT2D eigenvalue weighted by Gasteiger charge is 2.44. The molecule has 0 saturated carbocycles. The van der Waals surface area contributed by atoms with Gasteiger partial charge in [-0.15, -0.1) is 0 Å². The number of nitrogens with one attached hydrogen (secondary N) is 1. The lowest BCUT2D eigenvalue weighted by Gasteiger charge is -2.32. The average molecular weight is 328 g/mol. The topological polar surface area (TPSA) is 49.4 Å². The Kier molecular flexibility index (Phi) is 5.28. The van der Waals surface area contributed by atoms with Gasteiger partial charge in [0.1, 0.15) is 0 Å². The molecule has 0 spiro atoms. The minimum absolute atomic E-state index is 0.0417. The van der Waals surface area contributed by atoms with E-state index in [1.54, 1.807) is 0 Å². The van der Waals surface area contributed by atoms with E-state index in [1.807, 2.05) is 31.2 Å². The van der Waals surface area contributed by atoms with Crippen molar-refractivity contribution >= 4 is 11.8 Å². The van der Waals surface area contributed by atoms with E-state index < -0.39 is 18.0 Å². The Morgan fingerprint density at radius 3 is 2.74 bits per heavy atom. The van der Waals surface area contributed by atoms with Crippen LogP contribution in [0.25, 0.3) is 0 Å². The van der Waals surface area contributed by atoms with Gasteiger partial charge in [-0.25, -0.2) is 0 Å². The van der Waals surface area contributed by atoms with Gasteiger partial charge in [-0.05, 0) is 25.3 Å². The van der Waals surface area contributed by atoms with Gasteiger partial charge < -0.3 is 10.2 Å². The second kappa shape index (κ2) is 7.02. The SMILES string of the molecule is Cc1cccc(CNC(=O)C2CCCN(C(=O)C(F)(F)F)C2)c1. The molecule has 1 aliphatic heterocycles. The average Bonchev–Trinajstić information content (AvgIpc) is 2.51. The van der Waals surface area contributed by atoms with Crippen LogP contribution in [0.3, 0.4) is 0 Å². The molecule has 1 fully saturated rings. The molecule has 1 N–H and O–H groups in total. The maximum absolute atomic E-state index is 12.5. The second-order valence-corrected chi connectivity index (χ2v) is 5.79. The molecule has 0 radical (unpaired) electrons. The highest BCUT2D eigenvalue weighted by Crippen LogP contribution is 2.24. The molecule has 2 rings (SSSR count). The van der Waals surface area contributed by atoms with Crippen molar-refractivity contribution in [3.63, 3.8) is 0 Å². The predicted octanol–water partition coefficient (Wildman–Crippen LogP) is 2.41. The van der Waals surface area contributed by atoms with Crippen molar-refractivity contribution in [2.45, 2.75) is 32.5 Å². The Bertz CT molecular complexity index is 587. The summed E-state index contributed by atoms with van der Waals surface area (Å²) in [5, 5.41) is 2.74. The van der Waals surface area contributed by atoms with Crippen LogP contribution in [0.15, 0.2) is 24.3 Å². The standard InChI is InChI=1S/C16H19F3N2O2/c1-11-4-2-5-12(8-11)9-20-14(22)13-6-3-7-21(10-13)15(23)16(17,18)19/h2,4-5,8,13H,3,6-7,9-10H2,1H3,(H,20,22). The summed E-state index contributed by atoms with van der Waals surface area (Å²) in [4.78, 5) is 24.1. The summed E-state index contributed by atoms with van der Waals surface area (Å²) in [6, 6.07) is 7.61. The van der Waals surface area contributed by atoms with Crippen molar-refractivity contribution in [2.24, 2.45) is 5.92 Å². The smallest absolute Gasteiger partial charge is 0.352 e. The molecule has 1 aromatic rings. The van der Waals surface area contributed by atoms with Crippen molar-refractivity contribution in [3.8, 4) is 0 Å². The number of hydrogen-bond acceptors (Lipinski definition) is 2. The van der Waals surface area contributed by atoms with Gasteiger partial charge >= 0.3 is 12.1 Å². The van der Waals surface area contributed by atoms with Crippen LogP contribution in [0.4, 0.5) is 13.2 Å². The first-order valence-electron chi connectivity index (χ1n) is 7.46. The number of carbonyl (C=O) groups excluding carboxylic acids is 2. The Morgan fingerprint density at radius 1 is 1.35 bits per heavy atom. The van der Waals surface area contributed by atoms with Crippen LogP contribution >= 0.6 is 0 Å². The number of aryl methyl sites for hydroxylation is 1. The van der Waals surface area contributed by atoms with Crippen LogP contribution in [0, 0.1) is 12.8 Å². The maximum atomic E-state index is 12.5. The van der Waals surface area contributed by atoms with E-state index in [2.05, 4.69) is 5.32 Å². The zero-order valence-electron chi connectivity index (χ0n) is 12.8. The van der Waals surface area contributed by atoms with Crippen molar-refractivity contribution < 1.29 is 22.8 Å². The third-order valence-electron chi connectivity index (χ3n) is 3.87. The molecule has 4 nitrogen and oxygen atoms in total. The van der Waals surface area contributed by atoms with E-state index in [-0.39, 0.29) is 19.0 Å². The molecule has 1 aliphatic rings. The van der Waals surface area contributed by atoms with Crippen molar-refractivity contribution in [2.75, 3.05) is 13.1 Å². The summed E-state index contributed by atoms with van der Waals surface area (Å²) in [6.45, 7) is 2.12. The van der Waals surface area contributed by atoms with Gasteiger partial charge in [0.25, 0.3) is 0 Å². The molecule has 7 heteroatoms. The van der Waals surface area contributed by atoms with E-state index in [0.717, 1.165) is 16.0 Å². The number of nitrogens with zero attached hydrogens (tertiary/aromatic N) is 1. The van der Waals surface area contributed by atoms with Crippen LogP contribution in [0.1, 0.15) is 24.0 Å². The van der Waals surface area contributed by atoms with Gasteiger partial charge in [0.05, 0.1) is 5.92 Å². The van der Waals surface area contributed by atoms with Gasteiger partial charge in [0.15, 0.2) is 0 Å². The fourth-order valence-electron chi connectivity index (χ4n) is 2.71. The molecule has 1 unspecified atom stereocenters. The molecule has 1 atom stereocenters. The summed E-state index contributed by atoms with van der Waals surface area (Å²) in [5.74, 6) is -2.78. The van der Waals surface area contributed by atoms with Crippen molar-refractivity contribution in [1.82, 2.24) is 10.2 Å². The minimum atomic E-state index is -4.89. The Hall–Kier alpha value is -2.05. The van der Waals surface area contributed by atoms with E-state index in [1.165, 1.54) is 0 Å². The number of benzene rings is 1. The lowest BCUT2D eigenvalue weighted by molar-refractivity contribution is -0.187. The van der Waals surface area contributed by atoms with Crippen LogP contribution in [0.5, 0.6) is 0 Å². The van der Waals surface area contributed by atoms with Crippen LogP contribution in [-0.4, -0.2) is 36.0 Å². The summed E-state index contributed by atoms with van der Waals surface area (Å²) in [6.07, 6.45) is -4.01. The Morgan fingerprint density at radius 2 is 2.09 bits per heavy atom. The van der Waals surface area contributed by atoms with Crippen LogP contribution < -0.4 is 5.32 Å². The summed E-state index contributed by atoms with van der Waals surface area (Å²) in [7, 11) is 0. The minimum Gasteiger partial charge on any atom is -0.352 e. The first kappa shape index (κ1) is 17.3. The zero-order chi connectivity index (χ0) is 17.0. The molecule has 2 amide bonds. The summed E-state index contributed by atoms with van der Waals surface area (Å²) >= 11 is 0. The van der Waals surface area contributed by atoms with Gasteiger partial charge in [-0.3, -0.25) is 9.59 Å². The Balaban J connectivity index is 1.90. The van der Waals surface area contributed by atoms with E-state index in [9.17, 15) is 22.8 Å². The monoisotopic (exact) mass is 328 g/mol. The first-order chi connectivity index (χ1) is 10.8. The van der Waals surface area contributed by atoms with E-state index in [0.29, 0.717) is 19.4 Å². The fraction of sp³-hybridized carbons (Fsp3) is 0.500. The zero-order valence-corrected chi connectivity index (χ0v) is 12.8. The summed E-state index contributed by atoms with van der Waals surface area (Å²) in [5.41, 5.74) is 1.99. The number of rotatable bonds is 3. The van der Waals surface area contributed by atoms with Gasteiger partial charge in [0.2, 0.25) is 5.91 Å². The number of carbonyl (C=O) groups is 2. The van der Waals surface area contributed by atoms with Crippen LogP contribution in [0.2, 0.25) is 0 Å². The highest BCUT2D eigenvalue weighted by atomic mass is 19.4. The lowest BCUT2D eigenvalue weighted by atomic mass is 9.97. The number of piperidine rings is 1. The molecule has 0 bridgehead atoms. The normalized spacial score (nSPS) is 18.6. The number of amides is 2. The molecule has 126 valence electrons. The molecular formula is C16H19F3N2O2. The highest BCUT2D eigenvalue weighted by molar-refractivity contribution is 5.84. The number of hydrogen-bond donors (Lipinski definition) is 1. The predicted molar refractivity (Wildman–Crippen MR) is 78.4 cm³/mol. The largest absolute Gasteiger partial charge is 0.471 e. The van der Waals surface area contributed by atoms with Crippen molar-refractivity contribution in [3.05, 3.63) is 35.4 Å². The third-order valence-corrected chi connectivity index (χ3v) is 3.87.